The van der Waals surface area contributed by atoms with Crippen LogP contribution in [0.4, 0.5) is 4.39 Å². The van der Waals surface area contributed by atoms with E-state index in [1.807, 2.05) is 0 Å². The monoisotopic (exact) mass is 1220 g/mol. The fourth-order valence-electron chi connectivity index (χ4n) is 10.6. The Morgan fingerprint density at radius 3 is 2.06 bits per heavy atom. The maximum Gasteiger partial charge on any atom is 0.343 e. The van der Waals surface area contributed by atoms with Crippen molar-refractivity contribution in [3.05, 3.63) is 110 Å². The number of hydrogen-bond acceptors (Lipinski definition) is 18. The number of esters is 1. The molecule has 0 saturated heterocycles. The predicted octanol–water partition coefficient (Wildman–Crippen LogP) is -0.899. The van der Waals surface area contributed by atoms with Crippen molar-refractivity contribution in [1.29, 1.82) is 0 Å². The van der Waals surface area contributed by atoms with Gasteiger partial charge in [-0.15, -0.1) is 0 Å². The number of carbonyl (C=O) groups excluding carboxylic acids is 10. The van der Waals surface area contributed by atoms with Gasteiger partial charge in [0.2, 0.25) is 41.4 Å². The molecular weight excluding hydrogens is 1150 g/mol. The Morgan fingerprint density at radius 1 is 0.727 bits per heavy atom. The molecule has 470 valence electrons. The minimum atomic E-state index is -2.06. The van der Waals surface area contributed by atoms with Crippen LogP contribution in [0.15, 0.2) is 59.4 Å². The van der Waals surface area contributed by atoms with Crippen LogP contribution in [0.3, 0.4) is 0 Å². The Labute approximate surface area is 504 Å². The van der Waals surface area contributed by atoms with Crippen molar-refractivity contribution in [3.8, 4) is 11.4 Å². The number of aliphatic hydroxyl groups is 1. The molecule has 4 aliphatic rings. The summed E-state index contributed by atoms with van der Waals surface area (Å²) in [5.74, 6) is -6.17. The molecule has 9 amide bonds. The summed E-state index contributed by atoms with van der Waals surface area (Å²) in [6.45, 7) is 3.58. The van der Waals surface area contributed by atoms with Crippen molar-refractivity contribution in [3.63, 3.8) is 0 Å². The Hall–Kier alpha value is -8.83. The number of carbonyl (C=O) groups is 10. The van der Waals surface area contributed by atoms with E-state index in [1.165, 1.54) is 10.6 Å². The lowest BCUT2D eigenvalue weighted by Crippen LogP contribution is -2.52. The molecule has 2 aromatic heterocycles. The first kappa shape index (κ1) is 65.2. The number of cyclic esters (lactones) is 1. The van der Waals surface area contributed by atoms with E-state index in [1.54, 1.807) is 50.2 Å². The van der Waals surface area contributed by atoms with Crippen LogP contribution in [0.2, 0.25) is 0 Å². The van der Waals surface area contributed by atoms with Crippen LogP contribution in [0.25, 0.3) is 22.3 Å². The van der Waals surface area contributed by atoms with E-state index in [0.29, 0.717) is 70.6 Å². The van der Waals surface area contributed by atoms with Gasteiger partial charge in [-0.1, -0.05) is 37.3 Å². The number of imide groups is 1. The summed E-state index contributed by atoms with van der Waals surface area (Å²) in [4.78, 5) is 146. The van der Waals surface area contributed by atoms with Crippen molar-refractivity contribution in [1.82, 2.24) is 51.7 Å². The number of nitrogens with one attached hydrogen (secondary N) is 7. The molecule has 0 radical (unpaired) electrons. The van der Waals surface area contributed by atoms with E-state index in [9.17, 15) is 57.8 Å². The molecule has 2 aromatic carbocycles. The van der Waals surface area contributed by atoms with Crippen molar-refractivity contribution in [2.24, 2.45) is 0 Å². The molecule has 0 unspecified atom stereocenters. The van der Waals surface area contributed by atoms with Gasteiger partial charge in [0.1, 0.15) is 18.5 Å². The van der Waals surface area contributed by atoms with Crippen LogP contribution in [0.5, 0.6) is 0 Å². The minimum Gasteiger partial charge on any atom is -0.458 e. The van der Waals surface area contributed by atoms with E-state index in [0.717, 1.165) is 22.6 Å². The first-order valence-corrected chi connectivity index (χ1v) is 29.0. The van der Waals surface area contributed by atoms with Gasteiger partial charge in [-0.25, -0.2) is 14.2 Å². The molecule has 0 bridgehead atoms. The number of benzene rings is 2. The molecule has 0 spiro atoms. The van der Waals surface area contributed by atoms with Gasteiger partial charge < -0.3 is 70.6 Å². The average Bonchev–Trinajstić information content (AvgIpc) is 1.46. The molecule has 28 heteroatoms. The second-order valence-corrected chi connectivity index (χ2v) is 21.1. The normalized spacial score (nSPS) is 16.5. The SMILES string of the molecule is CC[C@@]1(O)C(=O)OCc2c1cc1n(c2=O)Cc2c-1nc1cc(F)c(C)c3c1c2[C@@H](NC(=O)CCNC(=O)CNC(=O)[C@H](Cc1ccccc1)NC(=O)CNC(=O)CNC(=O)CCOCCOCCOCCOCCNC(=O)CCN1C(=O)C=CC1=O)CC3. The molecule has 8 N–H and O–H groups in total. The van der Waals surface area contributed by atoms with Gasteiger partial charge in [0.05, 0.1) is 108 Å². The van der Waals surface area contributed by atoms with Crippen molar-refractivity contribution < 1.29 is 81.1 Å². The highest BCUT2D eigenvalue weighted by molar-refractivity contribution is 6.13. The largest absolute Gasteiger partial charge is 0.458 e. The molecule has 3 atom stereocenters. The summed E-state index contributed by atoms with van der Waals surface area (Å²) >= 11 is 0. The summed E-state index contributed by atoms with van der Waals surface area (Å²) < 4.78 is 43.8. The topological polar surface area (TPSA) is 359 Å². The lowest BCUT2D eigenvalue weighted by atomic mass is 9.81. The molecule has 4 aromatic rings. The maximum absolute atomic E-state index is 15.4. The van der Waals surface area contributed by atoms with Crippen LogP contribution >= 0.6 is 0 Å². The predicted molar refractivity (Wildman–Crippen MR) is 309 cm³/mol. The summed E-state index contributed by atoms with van der Waals surface area (Å²) in [6.07, 6.45) is 2.86. The number of aromatic nitrogens is 2. The highest BCUT2D eigenvalue weighted by Crippen LogP contribution is 2.46. The molecule has 0 fully saturated rings. The van der Waals surface area contributed by atoms with E-state index >= 15 is 4.39 Å². The van der Waals surface area contributed by atoms with Gasteiger partial charge >= 0.3 is 5.97 Å². The Bertz CT molecular complexity index is 3410. The number of hydrogen-bond donors (Lipinski definition) is 8. The third-order valence-corrected chi connectivity index (χ3v) is 15.3. The van der Waals surface area contributed by atoms with Crippen molar-refractivity contribution in [2.45, 2.75) is 89.6 Å². The number of halogens is 1. The summed E-state index contributed by atoms with van der Waals surface area (Å²) in [5, 5.41) is 30.3. The smallest absolute Gasteiger partial charge is 0.343 e. The Balaban J connectivity index is 0.701. The van der Waals surface area contributed by atoms with E-state index in [2.05, 4.69) is 37.2 Å². The number of fused-ring (bicyclic) bond motifs is 5. The van der Waals surface area contributed by atoms with Gasteiger partial charge in [0, 0.05) is 80.0 Å². The second-order valence-electron chi connectivity index (χ2n) is 21.1. The molecule has 3 aliphatic heterocycles. The summed E-state index contributed by atoms with van der Waals surface area (Å²) in [7, 11) is 0. The third-order valence-electron chi connectivity index (χ3n) is 15.3. The lowest BCUT2D eigenvalue weighted by Gasteiger charge is -2.31. The molecule has 5 heterocycles. The summed E-state index contributed by atoms with van der Waals surface area (Å²) in [6, 6.07) is 9.86. The van der Waals surface area contributed by atoms with Crippen molar-refractivity contribution >= 4 is 70.0 Å². The number of nitrogens with zero attached hydrogens (tertiary/aromatic N) is 3. The highest BCUT2D eigenvalue weighted by atomic mass is 19.1. The third kappa shape index (κ3) is 16.4. The quantitative estimate of drug-likeness (QED) is 0.0143. The van der Waals surface area contributed by atoms with Gasteiger partial charge in [-0.05, 0) is 54.5 Å². The molecule has 1 aliphatic carbocycles. The molecule has 88 heavy (non-hydrogen) atoms. The zero-order valence-corrected chi connectivity index (χ0v) is 48.8. The zero-order chi connectivity index (χ0) is 62.9. The van der Waals surface area contributed by atoms with Gasteiger partial charge in [0.25, 0.3) is 17.4 Å². The summed E-state index contributed by atoms with van der Waals surface area (Å²) in [5.41, 5.74) is 1.88. The number of aryl methyl sites for hydroxylation is 1. The number of pyridine rings is 2. The second kappa shape index (κ2) is 30.7. The zero-order valence-electron chi connectivity index (χ0n) is 48.8. The Kier molecular flexibility index (Phi) is 22.7. The van der Waals surface area contributed by atoms with E-state index < -0.39 is 102 Å². The molecule has 27 nitrogen and oxygen atoms in total. The van der Waals surface area contributed by atoms with Crippen LogP contribution < -0.4 is 42.8 Å². The van der Waals surface area contributed by atoms with Crippen LogP contribution in [-0.2, 0) is 103 Å². The van der Waals surface area contributed by atoms with Gasteiger partial charge in [0.15, 0.2) is 5.60 Å². The Morgan fingerprint density at radius 2 is 1.35 bits per heavy atom. The maximum atomic E-state index is 15.4. The molecule has 8 rings (SSSR count). The molecular formula is C60H71FN10O17. The fourth-order valence-corrected chi connectivity index (χ4v) is 10.6. The number of rotatable bonds is 33. The number of amides is 9. The lowest BCUT2D eigenvalue weighted by molar-refractivity contribution is -0.172. The van der Waals surface area contributed by atoms with Gasteiger partial charge in [-0.2, -0.15) is 0 Å². The number of ether oxygens (including phenoxy) is 5. The molecule has 0 saturated carbocycles. The van der Waals surface area contributed by atoms with E-state index in [4.69, 9.17) is 28.7 Å². The first-order valence-electron chi connectivity index (χ1n) is 29.0. The average molecular weight is 1220 g/mol. The highest BCUT2D eigenvalue weighted by Gasteiger charge is 2.46. The van der Waals surface area contributed by atoms with Gasteiger partial charge in [-0.3, -0.25) is 52.8 Å². The standard InChI is InChI=1S/C60H71FN10O17/c1-3-60(83)40-28-45-56-38(33-71(45)58(81)39(40)34-88-59(60)82)55-42(10-9-37-35(2)41(61)29-43(69-56)54(37)55)67-48(74)13-16-62-49(75)31-66-57(80)44(27-36-7-5-4-6-8-36)68-51(77)32-65-50(76)30-64-47(73)15-19-84-21-23-86-25-26-87-24-22-85-20-17-63-46(72)14-18-70-52(78)11-12-53(70)79/h4-8,11-12,28-29,42,44,83H,3,9-10,13-27,30-34H2,1-2H3,(H,62,75)(H,63,72)(H,64,73)(H,65,76)(H,66,80)(H,67,74)(H,68,77)/t42-,44-,60-/m0/s1. The van der Waals surface area contributed by atoms with Crippen molar-refractivity contribution in [2.75, 3.05) is 92.1 Å². The van der Waals surface area contributed by atoms with Crippen LogP contribution in [0.1, 0.15) is 84.0 Å². The van der Waals surface area contributed by atoms with Crippen LogP contribution in [-0.4, -0.2) is 177 Å². The van der Waals surface area contributed by atoms with E-state index in [-0.39, 0.29) is 122 Å². The van der Waals surface area contributed by atoms with Crippen LogP contribution in [0, 0.1) is 12.7 Å². The first-order chi connectivity index (χ1) is 42.4. The minimum absolute atomic E-state index is 0.00565. The fraction of sp³-hybridized carbons (Fsp3) is 0.467.